The maximum Gasteiger partial charge on any atom is 0.276 e. The van der Waals surface area contributed by atoms with Crippen LogP contribution >= 0.6 is 0 Å². The Kier molecular flexibility index (Phi) is 9.11. The molecule has 4 aromatic rings. The molecule has 3 aliphatic rings. The maximum absolute atomic E-state index is 13.5. The van der Waals surface area contributed by atoms with Gasteiger partial charge in [-0.3, -0.25) is 29.1 Å². The molecule has 0 bridgehead atoms. The number of hydrogen-bond donors (Lipinski definition) is 4. The number of nitrogens with one attached hydrogen (secondary N) is 2. The molecular weight excluding hydrogens is 606 g/mol. The van der Waals surface area contributed by atoms with E-state index in [9.17, 15) is 19.8 Å². The number of likely N-dealkylation sites (tertiary alicyclic amines) is 2. The number of aliphatic hydroxyl groups excluding tert-OH is 2. The smallest absolute Gasteiger partial charge is 0.276 e. The molecule has 250 valence electrons. The van der Waals surface area contributed by atoms with Crippen molar-refractivity contribution in [2.45, 2.75) is 70.9 Å². The highest BCUT2D eigenvalue weighted by Gasteiger charge is 2.33. The number of carbonyl (C=O) groups is 2. The van der Waals surface area contributed by atoms with Gasteiger partial charge in [-0.2, -0.15) is 5.10 Å². The third-order valence-corrected chi connectivity index (χ3v) is 10.0. The number of aryl methyl sites for hydroxylation is 1. The molecule has 0 saturated carbocycles. The van der Waals surface area contributed by atoms with Gasteiger partial charge in [0.1, 0.15) is 5.69 Å². The van der Waals surface area contributed by atoms with E-state index in [1.807, 2.05) is 67.1 Å². The van der Waals surface area contributed by atoms with Gasteiger partial charge in [0.15, 0.2) is 5.69 Å². The van der Waals surface area contributed by atoms with E-state index in [0.717, 1.165) is 78.8 Å². The normalized spacial score (nSPS) is 21.3. The predicted octanol–water partition coefficient (Wildman–Crippen LogP) is 4.53. The van der Waals surface area contributed by atoms with Crippen molar-refractivity contribution in [3.63, 3.8) is 0 Å². The minimum atomic E-state index is -0.293. The lowest BCUT2D eigenvalue weighted by Gasteiger charge is -2.31. The van der Waals surface area contributed by atoms with Crippen molar-refractivity contribution in [3.8, 4) is 11.1 Å². The van der Waals surface area contributed by atoms with Crippen LogP contribution in [0.4, 0.5) is 11.4 Å². The number of benzene rings is 2. The molecule has 2 aromatic carbocycles. The van der Waals surface area contributed by atoms with Crippen LogP contribution in [0.25, 0.3) is 11.1 Å². The molecule has 1 unspecified atom stereocenters. The fourth-order valence-corrected chi connectivity index (χ4v) is 7.36. The number of amides is 2. The summed E-state index contributed by atoms with van der Waals surface area (Å²) in [5, 5.41) is 30.7. The average molecular weight is 650 g/mol. The van der Waals surface area contributed by atoms with Gasteiger partial charge in [0.25, 0.3) is 11.8 Å². The first-order valence-corrected chi connectivity index (χ1v) is 16.9. The molecule has 3 aliphatic heterocycles. The number of carbonyl (C=O) groups excluding carboxylic acids is 2. The Bertz CT molecular complexity index is 1820. The molecule has 11 nitrogen and oxygen atoms in total. The van der Waals surface area contributed by atoms with Gasteiger partial charge in [-0.15, -0.1) is 0 Å². The Labute approximate surface area is 280 Å². The molecule has 2 fully saturated rings. The monoisotopic (exact) mass is 649 g/mol. The van der Waals surface area contributed by atoms with E-state index in [4.69, 9.17) is 0 Å². The highest BCUT2D eigenvalue weighted by atomic mass is 16.3. The quantitative estimate of drug-likeness (QED) is 0.219. The van der Waals surface area contributed by atoms with Gasteiger partial charge in [0, 0.05) is 56.8 Å². The van der Waals surface area contributed by atoms with Crippen LogP contribution in [0.2, 0.25) is 0 Å². The van der Waals surface area contributed by atoms with Gasteiger partial charge < -0.3 is 20.8 Å². The Morgan fingerprint density at radius 3 is 2.08 bits per heavy atom. The number of hydrogen-bond acceptors (Lipinski definition) is 8. The average Bonchev–Trinajstić information content (AvgIpc) is 3.83. The van der Waals surface area contributed by atoms with E-state index in [2.05, 4.69) is 30.5 Å². The Morgan fingerprint density at radius 2 is 1.48 bits per heavy atom. The van der Waals surface area contributed by atoms with Crippen molar-refractivity contribution in [3.05, 3.63) is 94.6 Å². The SMILES string of the molecule is Cc1c(NC(=O)c2ccc(CN3CC[C@@H](O)C3)cn2)cccc1-c1cccc(NC(=O)c2cc3n(n2)CCCC3N2CC[C@@H](O)C2)c1C. The maximum atomic E-state index is 13.5. The molecule has 48 heavy (non-hydrogen) atoms. The van der Waals surface area contributed by atoms with Gasteiger partial charge in [-0.05, 0) is 91.6 Å². The summed E-state index contributed by atoms with van der Waals surface area (Å²) in [6, 6.07) is 17.3. The lowest BCUT2D eigenvalue weighted by molar-refractivity contribution is 0.101. The van der Waals surface area contributed by atoms with Crippen molar-refractivity contribution in [1.29, 1.82) is 0 Å². The van der Waals surface area contributed by atoms with E-state index in [-0.39, 0.29) is 30.1 Å². The highest BCUT2D eigenvalue weighted by molar-refractivity contribution is 6.05. The summed E-state index contributed by atoms with van der Waals surface area (Å²) in [4.78, 5) is 35.6. The lowest BCUT2D eigenvalue weighted by atomic mass is 9.94. The van der Waals surface area contributed by atoms with E-state index in [0.29, 0.717) is 42.4 Å². The largest absolute Gasteiger partial charge is 0.392 e. The summed E-state index contributed by atoms with van der Waals surface area (Å²) in [7, 11) is 0. The molecule has 2 amide bonds. The minimum Gasteiger partial charge on any atom is -0.392 e. The fraction of sp³-hybridized carbons (Fsp3) is 0.405. The first-order chi connectivity index (χ1) is 23.2. The molecule has 0 aliphatic carbocycles. The number of fused-ring (bicyclic) bond motifs is 1. The summed E-state index contributed by atoms with van der Waals surface area (Å²) >= 11 is 0. The van der Waals surface area contributed by atoms with E-state index < -0.39 is 0 Å². The zero-order valence-electron chi connectivity index (χ0n) is 27.5. The summed E-state index contributed by atoms with van der Waals surface area (Å²) in [5.41, 5.74) is 7.86. The van der Waals surface area contributed by atoms with Gasteiger partial charge in [-0.1, -0.05) is 30.3 Å². The zero-order chi connectivity index (χ0) is 33.4. The Balaban J connectivity index is 1.05. The Morgan fingerprint density at radius 1 is 0.812 bits per heavy atom. The molecule has 2 aromatic heterocycles. The van der Waals surface area contributed by atoms with Crippen LogP contribution in [0, 0.1) is 13.8 Å². The first-order valence-electron chi connectivity index (χ1n) is 16.9. The van der Waals surface area contributed by atoms with Gasteiger partial charge >= 0.3 is 0 Å². The summed E-state index contributed by atoms with van der Waals surface area (Å²) in [6.45, 7) is 8.45. The molecule has 5 heterocycles. The topological polar surface area (TPSA) is 136 Å². The standard InChI is InChI=1S/C37H43N7O4/c1-23-28(6-3-8-30(23)39-36(47)32-12-11-25(19-38-32)20-42-16-13-26(45)21-42)29-7-4-9-31(24(29)2)40-37(48)33-18-35-34(10-5-15-44(35)41-33)43-17-14-27(46)22-43/h3-4,6-9,11-12,18-19,26-27,34,45-46H,5,10,13-17,20-22H2,1-2H3,(H,39,47)(H,40,48)/t26-,27-,34?/m1/s1. The van der Waals surface area contributed by atoms with Gasteiger partial charge in [0.05, 0.1) is 23.9 Å². The number of rotatable bonds is 8. The molecule has 0 spiro atoms. The number of nitrogens with zero attached hydrogens (tertiary/aromatic N) is 5. The number of pyridine rings is 1. The second-order valence-electron chi connectivity index (χ2n) is 13.4. The zero-order valence-corrected chi connectivity index (χ0v) is 27.5. The second-order valence-corrected chi connectivity index (χ2v) is 13.4. The summed E-state index contributed by atoms with van der Waals surface area (Å²) in [6.07, 6.45) is 4.70. The van der Waals surface area contributed by atoms with Crippen molar-refractivity contribution in [1.82, 2.24) is 24.6 Å². The minimum absolute atomic E-state index is 0.163. The number of anilines is 2. The fourth-order valence-electron chi connectivity index (χ4n) is 7.36. The van der Waals surface area contributed by atoms with E-state index in [1.54, 1.807) is 12.3 Å². The van der Waals surface area contributed by atoms with Crippen LogP contribution in [0.5, 0.6) is 0 Å². The Hall–Kier alpha value is -4.42. The van der Waals surface area contributed by atoms with E-state index in [1.165, 1.54) is 0 Å². The van der Waals surface area contributed by atoms with E-state index >= 15 is 0 Å². The van der Waals surface area contributed by atoms with Crippen LogP contribution in [-0.2, 0) is 13.1 Å². The lowest BCUT2D eigenvalue weighted by Crippen LogP contribution is -2.32. The van der Waals surface area contributed by atoms with Crippen molar-refractivity contribution in [2.24, 2.45) is 0 Å². The van der Waals surface area contributed by atoms with Crippen LogP contribution in [0.15, 0.2) is 60.8 Å². The third kappa shape index (κ3) is 6.64. The highest BCUT2D eigenvalue weighted by Crippen LogP contribution is 2.36. The predicted molar refractivity (Wildman–Crippen MR) is 184 cm³/mol. The third-order valence-electron chi connectivity index (χ3n) is 10.0. The number of β-amino-alcohol motifs (C(OH)–C–C–N with tert-alkyl or cyclic N) is 2. The van der Waals surface area contributed by atoms with Crippen molar-refractivity contribution in [2.75, 3.05) is 36.8 Å². The second kappa shape index (κ2) is 13.6. The molecule has 7 rings (SSSR count). The molecular formula is C37H43N7O4. The molecule has 2 saturated heterocycles. The first kappa shape index (κ1) is 32.1. The van der Waals surface area contributed by atoms with Crippen LogP contribution in [-0.4, -0.2) is 85.0 Å². The van der Waals surface area contributed by atoms with Crippen LogP contribution in [0.3, 0.4) is 0 Å². The van der Waals surface area contributed by atoms with Crippen molar-refractivity contribution >= 4 is 23.2 Å². The van der Waals surface area contributed by atoms with Crippen LogP contribution in [0.1, 0.15) is 75.1 Å². The molecule has 3 atom stereocenters. The summed E-state index contributed by atoms with van der Waals surface area (Å²) < 4.78 is 1.95. The van der Waals surface area contributed by atoms with Crippen molar-refractivity contribution < 1.29 is 19.8 Å². The van der Waals surface area contributed by atoms with Gasteiger partial charge in [-0.25, -0.2) is 0 Å². The number of aromatic nitrogens is 3. The molecule has 4 N–H and O–H groups in total. The van der Waals surface area contributed by atoms with Crippen LogP contribution < -0.4 is 10.6 Å². The number of aliphatic hydroxyl groups is 2. The molecule has 11 heteroatoms. The molecule has 0 radical (unpaired) electrons. The summed E-state index contributed by atoms with van der Waals surface area (Å²) in [5.74, 6) is -0.548. The van der Waals surface area contributed by atoms with Gasteiger partial charge in [0.2, 0.25) is 0 Å².